The molecule has 0 heterocycles. The van der Waals surface area contributed by atoms with E-state index < -0.39 is 0 Å². The number of benzene rings is 1. The van der Waals surface area contributed by atoms with E-state index in [4.69, 9.17) is 6.42 Å². The lowest BCUT2D eigenvalue weighted by Gasteiger charge is -2.05. The van der Waals surface area contributed by atoms with Gasteiger partial charge in [-0.2, -0.15) is 0 Å². The smallest absolute Gasteiger partial charge is 0.0384 e. The highest BCUT2D eigenvalue weighted by Crippen LogP contribution is 2.09. The molecule has 1 rings (SSSR count). The summed E-state index contributed by atoms with van der Waals surface area (Å²) in [5.74, 6) is 2.46. The van der Waals surface area contributed by atoms with Crippen molar-refractivity contribution in [3.63, 3.8) is 0 Å². The van der Waals surface area contributed by atoms with Gasteiger partial charge in [0.05, 0.1) is 0 Å². The maximum Gasteiger partial charge on any atom is 0.0384 e. The van der Waals surface area contributed by atoms with Gasteiger partial charge in [0, 0.05) is 11.4 Å². The van der Waals surface area contributed by atoms with Gasteiger partial charge in [-0.15, -0.1) is 6.42 Å². The third-order valence-electron chi connectivity index (χ3n) is 1.73. The van der Waals surface area contributed by atoms with Crippen LogP contribution in [0, 0.1) is 12.3 Å². The number of para-hydroxylation sites is 1. The Kier molecular flexibility index (Phi) is 4.10. The maximum absolute atomic E-state index is 5.13. The molecule has 1 aromatic carbocycles. The van der Waals surface area contributed by atoms with Crippen LogP contribution in [0.2, 0.25) is 0 Å². The second-order valence-electron chi connectivity index (χ2n) is 2.74. The predicted molar refractivity (Wildman–Crippen MR) is 61.8 cm³/mol. The van der Waals surface area contributed by atoms with E-state index >= 15 is 0 Å². The van der Waals surface area contributed by atoms with E-state index in [0.29, 0.717) is 0 Å². The summed E-state index contributed by atoms with van der Waals surface area (Å²) in [6.07, 6.45) is 10.6. The van der Waals surface area contributed by atoms with Gasteiger partial charge in [-0.3, -0.25) is 0 Å². The van der Waals surface area contributed by atoms with E-state index in [0.717, 1.165) is 11.4 Å². The van der Waals surface area contributed by atoms with Crippen LogP contribution < -0.4 is 5.32 Å². The normalized spacial score (nSPS) is 11.3. The van der Waals surface area contributed by atoms with Crippen molar-refractivity contribution in [1.82, 2.24) is 0 Å². The van der Waals surface area contributed by atoms with Gasteiger partial charge in [-0.1, -0.05) is 30.2 Å². The first kappa shape index (κ1) is 10.1. The number of terminal acetylenes is 1. The molecular formula is C13H13N. The molecule has 0 aliphatic rings. The minimum Gasteiger partial charge on any atom is -0.356 e. The fourth-order valence-electron chi connectivity index (χ4n) is 1.04. The number of nitrogens with one attached hydrogen (secondary N) is 1. The third-order valence-corrected chi connectivity index (χ3v) is 1.73. The quantitative estimate of drug-likeness (QED) is 0.560. The first-order valence-corrected chi connectivity index (χ1v) is 4.48. The van der Waals surface area contributed by atoms with Crippen LogP contribution in [0.1, 0.15) is 6.92 Å². The van der Waals surface area contributed by atoms with Crippen LogP contribution >= 0.6 is 0 Å². The molecule has 0 aromatic heterocycles. The number of hydrogen-bond donors (Lipinski definition) is 1. The Bertz CT molecular complexity index is 366. The van der Waals surface area contributed by atoms with Crippen molar-refractivity contribution in [2.75, 3.05) is 5.32 Å². The van der Waals surface area contributed by atoms with E-state index in [9.17, 15) is 0 Å². The summed E-state index contributed by atoms with van der Waals surface area (Å²) in [5, 5.41) is 3.24. The molecule has 1 nitrogen and oxygen atoms in total. The Morgan fingerprint density at radius 3 is 2.64 bits per heavy atom. The van der Waals surface area contributed by atoms with Gasteiger partial charge in [0.1, 0.15) is 0 Å². The molecule has 0 atom stereocenters. The average molecular weight is 183 g/mol. The van der Waals surface area contributed by atoms with Crippen molar-refractivity contribution in [3.8, 4) is 12.3 Å². The SMILES string of the molecule is C#C/C=C\C(=C/C)Nc1ccccc1. The Morgan fingerprint density at radius 2 is 2.07 bits per heavy atom. The van der Waals surface area contributed by atoms with Crippen molar-refractivity contribution in [3.05, 3.63) is 54.3 Å². The monoisotopic (exact) mass is 183 g/mol. The van der Waals surface area contributed by atoms with Gasteiger partial charge in [-0.05, 0) is 31.2 Å². The van der Waals surface area contributed by atoms with Crippen molar-refractivity contribution in [2.24, 2.45) is 0 Å². The average Bonchev–Trinajstić information content (AvgIpc) is 2.25. The van der Waals surface area contributed by atoms with Crippen LogP contribution in [0.4, 0.5) is 5.69 Å². The lowest BCUT2D eigenvalue weighted by Crippen LogP contribution is -1.95. The summed E-state index contributed by atoms with van der Waals surface area (Å²) in [7, 11) is 0. The predicted octanol–water partition coefficient (Wildman–Crippen LogP) is 3.19. The highest BCUT2D eigenvalue weighted by molar-refractivity contribution is 5.50. The number of allylic oxidation sites excluding steroid dienone is 3. The summed E-state index contributed by atoms with van der Waals surface area (Å²) in [6, 6.07) is 9.97. The molecular weight excluding hydrogens is 170 g/mol. The standard InChI is InChI=1S/C13H13N/c1-3-5-9-12(4-2)14-13-10-7-6-8-11-13/h1,4-11,14H,2H3/b9-5-,12-4+. The topological polar surface area (TPSA) is 12.0 Å². The zero-order chi connectivity index (χ0) is 10.2. The lowest BCUT2D eigenvalue weighted by molar-refractivity contribution is 1.44. The van der Waals surface area contributed by atoms with Crippen LogP contribution in [0.25, 0.3) is 0 Å². The third kappa shape index (κ3) is 3.20. The minimum absolute atomic E-state index is 0.995. The second-order valence-corrected chi connectivity index (χ2v) is 2.74. The van der Waals surface area contributed by atoms with Crippen LogP contribution in [-0.2, 0) is 0 Å². The number of hydrogen-bond acceptors (Lipinski definition) is 1. The summed E-state index contributed by atoms with van der Waals surface area (Å²) >= 11 is 0. The largest absolute Gasteiger partial charge is 0.356 e. The molecule has 0 saturated carbocycles. The molecule has 1 aromatic rings. The van der Waals surface area contributed by atoms with E-state index in [1.54, 1.807) is 6.08 Å². The molecule has 0 saturated heterocycles. The van der Waals surface area contributed by atoms with Gasteiger partial charge in [0.2, 0.25) is 0 Å². The molecule has 0 fully saturated rings. The van der Waals surface area contributed by atoms with Crippen molar-refractivity contribution >= 4 is 5.69 Å². The van der Waals surface area contributed by atoms with Crippen molar-refractivity contribution < 1.29 is 0 Å². The molecule has 70 valence electrons. The Labute approximate surface area is 85.2 Å². The molecule has 14 heavy (non-hydrogen) atoms. The molecule has 0 amide bonds. The summed E-state index contributed by atoms with van der Waals surface area (Å²) in [5.41, 5.74) is 2.05. The summed E-state index contributed by atoms with van der Waals surface area (Å²) in [4.78, 5) is 0. The second kappa shape index (κ2) is 5.66. The van der Waals surface area contributed by atoms with Gasteiger partial charge < -0.3 is 5.32 Å². The first-order valence-electron chi connectivity index (χ1n) is 4.48. The van der Waals surface area contributed by atoms with Crippen molar-refractivity contribution in [1.29, 1.82) is 0 Å². The van der Waals surface area contributed by atoms with Crippen LogP contribution in [0.5, 0.6) is 0 Å². The highest BCUT2D eigenvalue weighted by Gasteiger charge is 1.90. The molecule has 0 unspecified atom stereocenters. The minimum atomic E-state index is 0.995. The van der Waals surface area contributed by atoms with Gasteiger partial charge in [0.15, 0.2) is 0 Å². The first-order chi connectivity index (χ1) is 6.86. The van der Waals surface area contributed by atoms with Crippen LogP contribution in [0.15, 0.2) is 54.3 Å². The Hall–Kier alpha value is -1.94. The molecule has 1 heteroatoms. The van der Waals surface area contributed by atoms with Gasteiger partial charge in [-0.25, -0.2) is 0 Å². The van der Waals surface area contributed by atoms with E-state index in [1.165, 1.54) is 0 Å². The fourth-order valence-corrected chi connectivity index (χ4v) is 1.04. The van der Waals surface area contributed by atoms with Crippen molar-refractivity contribution in [2.45, 2.75) is 6.92 Å². The number of anilines is 1. The van der Waals surface area contributed by atoms with E-state index in [2.05, 4.69) is 11.2 Å². The summed E-state index contributed by atoms with van der Waals surface area (Å²) < 4.78 is 0. The molecule has 1 N–H and O–H groups in total. The van der Waals surface area contributed by atoms with Gasteiger partial charge in [0.25, 0.3) is 0 Å². The highest BCUT2D eigenvalue weighted by atomic mass is 14.9. The van der Waals surface area contributed by atoms with Crippen LogP contribution in [-0.4, -0.2) is 0 Å². The Balaban J connectivity index is 2.69. The molecule has 0 spiro atoms. The maximum atomic E-state index is 5.13. The van der Waals surface area contributed by atoms with Gasteiger partial charge >= 0.3 is 0 Å². The molecule has 0 bridgehead atoms. The summed E-state index contributed by atoms with van der Waals surface area (Å²) in [6.45, 7) is 1.96. The zero-order valence-corrected chi connectivity index (χ0v) is 8.20. The fraction of sp³-hybridized carbons (Fsp3) is 0.0769. The Morgan fingerprint density at radius 1 is 1.36 bits per heavy atom. The van der Waals surface area contributed by atoms with Crippen LogP contribution in [0.3, 0.4) is 0 Å². The lowest BCUT2D eigenvalue weighted by atomic mass is 10.3. The molecule has 0 radical (unpaired) electrons. The zero-order valence-electron chi connectivity index (χ0n) is 8.20. The number of rotatable bonds is 3. The van der Waals surface area contributed by atoms with E-state index in [1.807, 2.05) is 49.4 Å². The molecule has 0 aliphatic carbocycles. The molecule has 0 aliphatic heterocycles. The van der Waals surface area contributed by atoms with E-state index in [-0.39, 0.29) is 0 Å².